The summed E-state index contributed by atoms with van der Waals surface area (Å²) in [5, 5.41) is 0. The molecular weight excluding hydrogens is 278 g/mol. The summed E-state index contributed by atoms with van der Waals surface area (Å²) in [5.41, 5.74) is 0.774. The van der Waals surface area contributed by atoms with Crippen LogP contribution in [-0.2, 0) is 4.74 Å². The lowest BCUT2D eigenvalue weighted by atomic mass is 10.1. The van der Waals surface area contributed by atoms with Gasteiger partial charge in [-0.15, -0.1) is 0 Å². The molecule has 1 aliphatic heterocycles. The average molecular weight is 305 g/mol. The molecule has 1 amide bonds. The standard InChI is InChI=1S/C17H27N3O2/c1-13-6-8-18-15(10-13)19(5)11-14-7-9-20(12-14)16(21)22-17(2,3)4/h6,8,10,14H,7,9,11-12H2,1-5H3/t14-/m0/s1. The summed E-state index contributed by atoms with van der Waals surface area (Å²) in [4.78, 5) is 20.5. The minimum absolute atomic E-state index is 0.202. The van der Waals surface area contributed by atoms with E-state index in [9.17, 15) is 4.79 Å². The van der Waals surface area contributed by atoms with Crippen LogP contribution in [0.25, 0.3) is 0 Å². The molecule has 1 aromatic rings. The summed E-state index contributed by atoms with van der Waals surface area (Å²) in [6.07, 6.45) is 2.64. The minimum Gasteiger partial charge on any atom is -0.444 e. The van der Waals surface area contributed by atoms with Crippen molar-refractivity contribution in [2.24, 2.45) is 5.92 Å². The van der Waals surface area contributed by atoms with Crippen molar-refractivity contribution < 1.29 is 9.53 Å². The summed E-state index contributed by atoms with van der Waals surface area (Å²) >= 11 is 0. The Kier molecular flexibility index (Phi) is 4.94. The maximum atomic E-state index is 12.1. The number of hydrogen-bond donors (Lipinski definition) is 0. The van der Waals surface area contributed by atoms with E-state index >= 15 is 0 Å². The SMILES string of the molecule is Cc1ccnc(N(C)C[C@@H]2CCN(C(=O)OC(C)(C)C)C2)c1. The molecule has 1 fully saturated rings. The number of ether oxygens (including phenoxy) is 1. The lowest BCUT2D eigenvalue weighted by molar-refractivity contribution is 0.0288. The highest BCUT2D eigenvalue weighted by Crippen LogP contribution is 2.22. The summed E-state index contributed by atoms with van der Waals surface area (Å²) < 4.78 is 5.44. The Morgan fingerprint density at radius 3 is 2.86 bits per heavy atom. The van der Waals surface area contributed by atoms with Crippen molar-refractivity contribution in [3.8, 4) is 0 Å². The lowest BCUT2D eigenvalue weighted by Crippen LogP contribution is -2.36. The van der Waals surface area contributed by atoms with Gasteiger partial charge < -0.3 is 14.5 Å². The Hall–Kier alpha value is -1.78. The normalized spacial score (nSPS) is 18.4. The third-order valence-electron chi connectivity index (χ3n) is 3.76. The predicted molar refractivity (Wildman–Crippen MR) is 88.2 cm³/mol. The van der Waals surface area contributed by atoms with Gasteiger partial charge in [0.2, 0.25) is 0 Å². The first kappa shape index (κ1) is 16.6. The van der Waals surface area contributed by atoms with Gasteiger partial charge in [-0.1, -0.05) is 0 Å². The first-order valence-electron chi connectivity index (χ1n) is 7.86. The Labute approximate surface area is 133 Å². The van der Waals surface area contributed by atoms with E-state index in [2.05, 4.69) is 29.9 Å². The third kappa shape index (κ3) is 4.61. The Morgan fingerprint density at radius 1 is 1.50 bits per heavy atom. The molecule has 0 saturated carbocycles. The third-order valence-corrected chi connectivity index (χ3v) is 3.76. The van der Waals surface area contributed by atoms with Crippen LogP contribution in [0, 0.1) is 12.8 Å². The molecule has 0 spiro atoms. The van der Waals surface area contributed by atoms with E-state index < -0.39 is 5.60 Å². The van der Waals surface area contributed by atoms with Crippen LogP contribution >= 0.6 is 0 Å². The van der Waals surface area contributed by atoms with Crippen molar-refractivity contribution >= 4 is 11.9 Å². The number of likely N-dealkylation sites (tertiary alicyclic amines) is 1. The number of nitrogens with zero attached hydrogens (tertiary/aromatic N) is 3. The molecule has 5 nitrogen and oxygen atoms in total. The molecular formula is C17H27N3O2. The summed E-state index contributed by atoms with van der Waals surface area (Å²) in [5.74, 6) is 1.44. The molecule has 0 aliphatic carbocycles. The number of carbonyl (C=O) groups is 1. The number of amides is 1. The van der Waals surface area contributed by atoms with Crippen LogP contribution in [0.15, 0.2) is 18.3 Å². The van der Waals surface area contributed by atoms with Gasteiger partial charge >= 0.3 is 6.09 Å². The number of rotatable bonds is 3. The van der Waals surface area contributed by atoms with E-state index in [-0.39, 0.29) is 6.09 Å². The maximum absolute atomic E-state index is 12.1. The van der Waals surface area contributed by atoms with Gasteiger partial charge in [0.05, 0.1) is 0 Å². The molecule has 0 aromatic carbocycles. The summed E-state index contributed by atoms with van der Waals surface area (Å²) in [6, 6.07) is 4.08. The van der Waals surface area contributed by atoms with Gasteiger partial charge in [-0.25, -0.2) is 9.78 Å². The first-order valence-corrected chi connectivity index (χ1v) is 7.86. The largest absolute Gasteiger partial charge is 0.444 e. The Bertz CT molecular complexity index is 525. The van der Waals surface area contributed by atoms with Crippen molar-refractivity contribution in [2.45, 2.75) is 39.7 Å². The molecule has 1 aromatic heterocycles. The number of carbonyl (C=O) groups excluding carboxylic acids is 1. The summed E-state index contributed by atoms with van der Waals surface area (Å²) in [6.45, 7) is 10.2. The van der Waals surface area contributed by atoms with Crippen molar-refractivity contribution in [1.82, 2.24) is 9.88 Å². The van der Waals surface area contributed by atoms with Crippen molar-refractivity contribution in [2.75, 3.05) is 31.6 Å². The number of aryl methyl sites for hydroxylation is 1. The van der Waals surface area contributed by atoms with Crippen molar-refractivity contribution in [1.29, 1.82) is 0 Å². The smallest absolute Gasteiger partial charge is 0.410 e. The molecule has 1 atom stereocenters. The molecule has 0 bridgehead atoms. The zero-order chi connectivity index (χ0) is 16.3. The molecule has 0 radical (unpaired) electrons. The van der Waals surface area contributed by atoms with E-state index in [0.717, 1.165) is 31.9 Å². The average Bonchev–Trinajstić information content (AvgIpc) is 2.85. The zero-order valence-corrected chi connectivity index (χ0v) is 14.3. The van der Waals surface area contributed by atoms with E-state index in [1.165, 1.54) is 5.56 Å². The van der Waals surface area contributed by atoms with Crippen LogP contribution in [0.4, 0.5) is 10.6 Å². The molecule has 0 N–H and O–H groups in total. The van der Waals surface area contributed by atoms with Crippen LogP contribution in [-0.4, -0.2) is 48.3 Å². The van der Waals surface area contributed by atoms with Crippen LogP contribution in [0.3, 0.4) is 0 Å². The molecule has 22 heavy (non-hydrogen) atoms. The summed E-state index contributed by atoms with van der Waals surface area (Å²) in [7, 11) is 2.05. The van der Waals surface area contributed by atoms with E-state index in [0.29, 0.717) is 5.92 Å². The monoisotopic (exact) mass is 305 g/mol. The zero-order valence-electron chi connectivity index (χ0n) is 14.3. The highest BCUT2D eigenvalue weighted by molar-refractivity contribution is 5.68. The number of aromatic nitrogens is 1. The fourth-order valence-electron chi connectivity index (χ4n) is 2.68. The first-order chi connectivity index (χ1) is 10.2. The number of anilines is 1. The highest BCUT2D eigenvalue weighted by atomic mass is 16.6. The van der Waals surface area contributed by atoms with Gasteiger partial charge in [0.15, 0.2) is 0 Å². The molecule has 1 aliphatic rings. The van der Waals surface area contributed by atoms with Crippen LogP contribution in [0.1, 0.15) is 32.8 Å². The van der Waals surface area contributed by atoms with Gasteiger partial charge in [-0.05, 0) is 57.7 Å². The highest BCUT2D eigenvalue weighted by Gasteiger charge is 2.30. The van der Waals surface area contributed by atoms with Gasteiger partial charge in [0.25, 0.3) is 0 Å². The quantitative estimate of drug-likeness (QED) is 0.861. The minimum atomic E-state index is -0.433. The lowest BCUT2D eigenvalue weighted by Gasteiger charge is -2.25. The molecule has 5 heteroatoms. The topological polar surface area (TPSA) is 45.7 Å². The maximum Gasteiger partial charge on any atom is 0.410 e. The fourth-order valence-corrected chi connectivity index (χ4v) is 2.68. The van der Waals surface area contributed by atoms with Crippen molar-refractivity contribution in [3.05, 3.63) is 23.9 Å². The molecule has 0 unspecified atom stereocenters. The second kappa shape index (κ2) is 6.55. The second-order valence-corrected chi connectivity index (χ2v) is 7.15. The molecule has 1 saturated heterocycles. The Balaban J connectivity index is 1.87. The van der Waals surface area contributed by atoms with Gasteiger partial charge in [-0.3, -0.25) is 0 Å². The number of pyridine rings is 1. The van der Waals surface area contributed by atoms with Gasteiger partial charge in [0.1, 0.15) is 11.4 Å². The van der Waals surface area contributed by atoms with Crippen LogP contribution in [0.5, 0.6) is 0 Å². The molecule has 2 rings (SSSR count). The Morgan fingerprint density at radius 2 is 2.23 bits per heavy atom. The van der Waals surface area contributed by atoms with Gasteiger partial charge in [0, 0.05) is 32.9 Å². The molecule has 122 valence electrons. The van der Waals surface area contributed by atoms with Crippen LogP contribution < -0.4 is 4.90 Å². The van der Waals surface area contributed by atoms with E-state index in [1.807, 2.05) is 37.9 Å². The van der Waals surface area contributed by atoms with Gasteiger partial charge in [-0.2, -0.15) is 0 Å². The second-order valence-electron chi connectivity index (χ2n) is 7.15. The van der Waals surface area contributed by atoms with E-state index in [1.54, 1.807) is 0 Å². The molecule has 2 heterocycles. The van der Waals surface area contributed by atoms with E-state index in [4.69, 9.17) is 4.74 Å². The fraction of sp³-hybridized carbons (Fsp3) is 0.647. The van der Waals surface area contributed by atoms with Crippen LogP contribution in [0.2, 0.25) is 0 Å². The predicted octanol–water partition coefficient (Wildman–Crippen LogP) is 3.08. The number of hydrogen-bond acceptors (Lipinski definition) is 4. The van der Waals surface area contributed by atoms with Crippen molar-refractivity contribution in [3.63, 3.8) is 0 Å².